The lowest BCUT2D eigenvalue weighted by Crippen LogP contribution is -2.30. The third-order valence-electron chi connectivity index (χ3n) is 4.59. The van der Waals surface area contributed by atoms with Gasteiger partial charge in [-0.1, -0.05) is 32.6 Å². The number of carbonyl (C=O) groups is 2. The van der Waals surface area contributed by atoms with Gasteiger partial charge in [0.15, 0.2) is 0 Å². The summed E-state index contributed by atoms with van der Waals surface area (Å²) < 4.78 is 32.5. The molecule has 0 radical (unpaired) electrons. The van der Waals surface area contributed by atoms with Gasteiger partial charge in [-0.3, -0.25) is 9.59 Å². The number of nitrogens with one attached hydrogen (secondary N) is 1. The van der Waals surface area contributed by atoms with Gasteiger partial charge in [-0.05, 0) is 59.3 Å². The number of carboxylic acid groups (broad SMARTS) is 1. The van der Waals surface area contributed by atoms with Crippen LogP contribution in [0.4, 0.5) is 0 Å². The number of rotatable bonds is 17. The normalized spacial score (nSPS) is 13.2. The molecule has 8 heteroatoms. The molecule has 2 N–H and O–H groups in total. The molecule has 0 rings (SSSR count). The molecule has 0 heterocycles. The van der Waals surface area contributed by atoms with Crippen LogP contribution in [0, 0.1) is 5.41 Å². The van der Waals surface area contributed by atoms with Crippen molar-refractivity contribution in [3.8, 4) is 0 Å². The van der Waals surface area contributed by atoms with Crippen LogP contribution in [0.3, 0.4) is 0 Å². The Morgan fingerprint density at radius 3 is 2.17 bits per heavy atom. The van der Waals surface area contributed by atoms with Crippen LogP contribution in [0.25, 0.3) is 0 Å². The van der Waals surface area contributed by atoms with Crippen LogP contribution < -0.4 is 4.72 Å². The second-order valence-corrected chi connectivity index (χ2v) is 10.6. The molecule has 0 saturated carbocycles. The van der Waals surface area contributed by atoms with Gasteiger partial charge in [0.25, 0.3) is 0 Å². The molecule has 0 bridgehead atoms. The van der Waals surface area contributed by atoms with Crippen molar-refractivity contribution < 1.29 is 27.9 Å². The molecule has 29 heavy (non-hydrogen) atoms. The van der Waals surface area contributed by atoms with Crippen molar-refractivity contribution in [3.05, 3.63) is 0 Å². The summed E-state index contributed by atoms with van der Waals surface area (Å²) in [5.41, 5.74) is -0.568. The maximum Gasteiger partial charge on any atom is 0.311 e. The molecule has 0 aliphatic heterocycles. The maximum atomic E-state index is 12.2. The topological polar surface area (TPSA) is 110 Å². The highest BCUT2D eigenvalue weighted by Gasteiger charge is 2.26. The number of esters is 1. The van der Waals surface area contributed by atoms with E-state index < -0.39 is 21.4 Å². The standard InChI is InChI=1S/C21H41NO6S/c1-5-6-9-13-18(28-20(25)21(2,3)4)14-12-17-29(26,27)22-16-11-8-7-10-15-19(23)24/h18,22H,5-17H2,1-4H3,(H,23,24). The monoisotopic (exact) mass is 435 g/mol. The average Bonchev–Trinajstić information content (AvgIpc) is 2.59. The van der Waals surface area contributed by atoms with Gasteiger partial charge >= 0.3 is 11.9 Å². The minimum Gasteiger partial charge on any atom is -0.481 e. The van der Waals surface area contributed by atoms with Crippen LogP contribution in [0.1, 0.15) is 98.3 Å². The highest BCUT2D eigenvalue weighted by Crippen LogP contribution is 2.20. The number of aliphatic carboxylic acids is 1. The summed E-state index contributed by atoms with van der Waals surface area (Å²) in [6, 6.07) is 0. The summed E-state index contributed by atoms with van der Waals surface area (Å²) in [7, 11) is -3.35. The van der Waals surface area contributed by atoms with E-state index in [2.05, 4.69) is 11.6 Å². The maximum absolute atomic E-state index is 12.2. The van der Waals surface area contributed by atoms with Gasteiger partial charge < -0.3 is 9.84 Å². The minimum absolute atomic E-state index is 0.0172. The number of carboxylic acids is 1. The second-order valence-electron chi connectivity index (χ2n) is 8.69. The van der Waals surface area contributed by atoms with E-state index in [-0.39, 0.29) is 24.2 Å². The Bertz CT molecular complexity index is 568. The molecule has 0 spiro atoms. The van der Waals surface area contributed by atoms with E-state index in [0.717, 1.165) is 38.5 Å². The first kappa shape index (κ1) is 27.8. The Balaban J connectivity index is 4.23. The Kier molecular flexibility index (Phi) is 14.2. The van der Waals surface area contributed by atoms with E-state index in [4.69, 9.17) is 9.84 Å². The van der Waals surface area contributed by atoms with Crippen molar-refractivity contribution in [2.75, 3.05) is 12.3 Å². The summed E-state index contributed by atoms with van der Waals surface area (Å²) in [5.74, 6) is -1.03. The summed E-state index contributed by atoms with van der Waals surface area (Å²) in [5, 5.41) is 8.57. The fourth-order valence-electron chi connectivity index (χ4n) is 2.77. The molecule has 1 atom stereocenters. The largest absolute Gasteiger partial charge is 0.481 e. The second kappa shape index (κ2) is 14.8. The van der Waals surface area contributed by atoms with E-state index in [1.165, 1.54) is 0 Å². The number of unbranched alkanes of at least 4 members (excludes halogenated alkanes) is 5. The molecule has 1 unspecified atom stereocenters. The zero-order valence-electron chi connectivity index (χ0n) is 18.7. The molecular weight excluding hydrogens is 394 g/mol. The van der Waals surface area contributed by atoms with Gasteiger partial charge in [0.05, 0.1) is 11.2 Å². The van der Waals surface area contributed by atoms with E-state index in [9.17, 15) is 18.0 Å². The van der Waals surface area contributed by atoms with E-state index in [1.807, 2.05) is 20.8 Å². The molecular formula is C21H41NO6S. The van der Waals surface area contributed by atoms with E-state index in [0.29, 0.717) is 32.2 Å². The molecule has 0 aromatic carbocycles. The highest BCUT2D eigenvalue weighted by molar-refractivity contribution is 7.89. The molecule has 0 aromatic heterocycles. The summed E-state index contributed by atoms with van der Waals surface area (Å²) in [6.45, 7) is 7.92. The van der Waals surface area contributed by atoms with Gasteiger partial charge in [-0.2, -0.15) is 0 Å². The number of hydrogen-bond donors (Lipinski definition) is 2. The van der Waals surface area contributed by atoms with Crippen LogP contribution in [-0.4, -0.2) is 43.9 Å². The Morgan fingerprint density at radius 1 is 0.966 bits per heavy atom. The predicted molar refractivity (Wildman–Crippen MR) is 115 cm³/mol. The number of carbonyl (C=O) groups excluding carboxylic acids is 1. The van der Waals surface area contributed by atoms with Gasteiger partial charge in [-0.15, -0.1) is 0 Å². The minimum atomic E-state index is -3.35. The van der Waals surface area contributed by atoms with Crippen LogP contribution in [-0.2, 0) is 24.3 Å². The Labute approximate surface area is 177 Å². The lowest BCUT2D eigenvalue weighted by Gasteiger charge is -2.23. The molecule has 0 saturated heterocycles. The molecule has 0 aliphatic rings. The number of ether oxygens (including phenoxy) is 1. The zero-order chi connectivity index (χ0) is 22.3. The van der Waals surface area contributed by atoms with E-state index in [1.54, 1.807) is 0 Å². The molecule has 0 fully saturated rings. The lowest BCUT2D eigenvalue weighted by atomic mass is 9.97. The first-order valence-corrected chi connectivity index (χ1v) is 12.5. The van der Waals surface area contributed by atoms with Crippen LogP contribution in [0.5, 0.6) is 0 Å². The third kappa shape index (κ3) is 16.3. The van der Waals surface area contributed by atoms with Crippen LogP contribution >= 0.6 is 0 Å². The smallest absolute Gasteiger partial charge is 0.311 e. The number of hydrogen-bond acceptors (Lipinski definition) is 5. The summed E-state index contributed by atoms with van der Waals surface area (Å²) in [6.07, 6.45) is 7.68. The zero-order valence-corrected chi connectivity index (χ0v) is 19.5. The van der Waals surface area contributed by atoms with Crippen molar-refractivity contribution in [1.29, 1.82) is 0 Å². The average molecular weight is 436 g/mol. The van der Waals surface area contributed by atoms with E-state index >= 15 is 0 Å². The summed E-state index contributed by atoms with van der Waals surface area (Å²) in [4.78, 5) is 22.6. The third-order valence-corrected chi connectivity index (χ3v) is 6.06. The molecule has 0 amide bonds. The molecule has 0 aromatic rings. The van der Waals surface area contributed by atoms with Crippen LogP contribution in [0.15, 0.2) is 0 Å². The van der Waals surface area contributed by atoms with Crippen molar-refractivity contribution in [3.63, 3.8) is 0 Å². The predicted octanol–water partition coefficient (Wildman–Crippen LogP) is 4.26. The first-order valence-electron chi connectivity index (χ1n) is 10.9. The highest BCUT2D eigenvalue weighted by atomic mass is 32.2. The summed E-state index contributed by atoms with van der Waals surface area (Å²) >= 11 is 0. The Morgan fingerprint density at radius 2 is 1.59 bits per heavy atom. The van der Waals surface area contributed by atoms with Crippen LogP contribution in [0.2, 0.25) is 0 Å². The fourth-order valence-corrected chi connectivity index (χ4v) is 3.91. The first-order chi connectivity index (χ1) is 13.5. The molecule has 172 valence electrons. The lowest BCUT2D eigenvalue weighted by molar-refractivity contribution is -0.159. The molecule has 7 nitrogen and oxygen atoms in total. The fraction of sp³-hybridized carbons (Fsp3) is 0.905. The van der Waals surface area contributed by atoms with Crippen molar-refractivity contribution in [2.45, 2.75) is 104 Å². The SMILES string of the molecule is CCCCCC(CCCS(=O)(=O)NCCCCCCC(=O)O)OC(=O)C(C)(C)C. The van der Waals surface area contributed by atoms with Gasteiger partial charge in [0.2, 0.25) is 10.0 Å². The van der Waals surface area contributed by atoms with Crippen molar-refractivity contribution in [2.24, 2.45) is 5.41 Å². The van der Waals surface area contributed by atoms with Crippen molar-refractivity contribution in [1.82, 2.24) is 4.72 Å². The van der Waals surface area contributed by atoms with Gasteiger partial charge in [-0.25, -0.2) is 13.1 Å². The van der Waals surface area contributed by atoms with Gasteiger partial charge in [0.1, 0.15) is 6.10 Å². The van der Waals surface area contributed by atoms with Crippen molar-refractivity contribution >= 4 is 22.0 Å². The quantitative estimate of drug-likeness (QED) is 0.261. The molecule has 0 aliphatic carbocycles. The van der Waals surface area contributed by atoms with Gasteiger partial charge in [0, 0.05) is 13.0 Å². The Hall–Kier alpha value is -1.15. The number of sulfonamides is 1.